The molecule has 118 valence electrons. The van der Waals surface area contributed by atoms with Crippen LogP contribution in [0.2, 0.25) is 10.0 Å². The lowest BCUT2D eigenvalue weighted by Gasteiger charge is -2.05. The van der Waals surface area contributed by atoms with Gasteiger partial charge in [0.2, 0.25) is 11.0 Å². The predicted octanol–water partition coefficient (Wildman–Crippen LogP) is 4.40. The molecule has 1 aromatic carbocycles. The number of carbonyl (C=O) groups is 1. The molecule has 2 aromatic rings. The van der Waals surface area contributed by atoms with Gasteiger partial charge in [0.25, 0.3) is 0 Å². The molecule has 1 heterocycles. The second-order valence-electron chi connectivity index (χ2n) is 4.64. The largest absolute Gasteiger partial charge is 0.358 e. The molecule has 0 spiro atoms. The van der Waals surface area contributed by atoms with Crippen LogP contribution < -0.4 is 10.6 Å². The minimum atomic E-state index is -0.142. The van der Waals surface area contributed by atoms with E-state index in [0.717, 1.165) is 9.47 Å². The van der Waals surface area contributed by atoms with Gasteiger partial charge in [0.05, 0.1) is 15.8 Å². The molecule has 0 atom stereocenters. The zero-order valence-electron chi connectivity index (χ0n) is 11.9. The van der Waals surface area contributed by atoms with E-state index in [1.807, 2.05) is 13.8 Å². The smallest absolute Gasteiger partial charge is 0.234 e. The number of rotatable bonds is 6. The average Bonchev–Trinajstić information content (AvgIpc) is 2.87. The minimum Gasteiger partial charge on any atom is -0.358 e. The second-order valence-corrected chi connectivity index (χ2v) is 7.65. The lowest BCUT2D eigenvalue weighted by molar-refractivity contribution is -0.113. The van der Waals surface area contributed by atoms with Crippen molar-refractivity contribution in [1.82, 2.24) is 10.2 Å². The first-order valence-electron chi connectivity index (χ1n) is 6.42. The Hall–Kier alpha value is -1.02. The summed E-state index contributed by atoms with van der Waals surface area (Å²) in [5, 5.41) is 15.6. The molecule has 0 unspecified atom stereocenters. The van der Waals surface area contributed by atoms with Crippen LogP contribution in [0.25, 0.3) is 0 Å². The van der Waals surface area contributed by atoms with Gasteiger partial charge in [-0.05, 0) is 32.0 Å². The molecule has 0 aliphatic heterocycles. The molecule has 0 aliphatic carbocycles. The van der Waals surface area contributed by atoms with Gasteiger partial charge in [-0.15, -0.1) is 10.2 Å². The summed E-state index contributed by atoms with van der Waals surface area (Å²) in [5.74, 6) is 0.105. The maximum atomic E-state index is 11.9. The first kappa shape index (κ1) is 17.3. The maximum absolute atomic E-state index is 11.9. The lowest BCUT2D eigenvalue weighted by atomic mass is 10.3. The molecule has 0 fully saturated rings. The normalized spacial score (nSPS) is 10.8. The van der Waals surface area contributed by atoms with Crippen LogP contribution in [0.3, 0.4) is 0 Å². The van der Waals surface area contributed by atoms with Crippen molar-refractivity contribution in [2.45, 2.75) is 24.2 Å². The van der Waals surface area contributed by atoms with Gasteiger partial charge in [0.1, 0.15) is 0 Å². The van der Waals surface area contributed by atoms with E-state index in [0.29, 0.717) is 21.8 Å². The highest BCUT2D eigenvalue weighted by Crippen LogP contribution is 2.27. The third-order valence-corrected chi connectivity index (χ3v) is 5.08. The van der Waals surface area contributed by atoms with E-state index in [-0.39, 0.29) is 11.7 Å². The fraction of sp³-hybridized carbons (Fsp3) is 0.308. The van der Waals surface area contributed by atoms with Crippen molar-refractivity contribution in [2.75, 3.05) is 16.4 Å². The molecule has 2 rings (SSSR count). The number of hydrogen-bond donors (Lipinski definition) is 2. The molecule has 0 aliphatic rings. The van der Waals surface area contributed by atoms with Gasteiger partial charge < -0.3 is 10.6 Å². The molecule has 0 saturated carbocycles. The van der Waals surface area contributed by atoms with Crippen molar-refractivity contribution in [1.29, 1.82) is 0 Å². The van der Waals surface area contributed by atoms with Crippen molar-refractivity contribution >= 4 is 63.0 Å². The van der Waals surface area contributed by atoms with Crippen LogP contribution in [-0.4, -0.2) is 27.9 Å². The summed E-state index contributed by atoms with van der Waals surface area (Å²) in [6, 6.07) is 5.25. The Morgan fingerprint density at radius 3 is 2.77 bits per heavy atom. The van der Waals surface area contributed by atoms with Gasteiger partial charge >= 0.3 is 0 Å². The van der Waals surface area contributed by atoms with Gasteiger partial charge in [-0.25, -0.2) is 0 Å². The Morgan fingerprint density at radius 2 is 2.09 bits per heavy atom. The number of carbonyl (C=O) groups excluding carboxylic acids is 1. The van der Waals surface area contributed by atoms with E-state index in [1.54, 1.807) is 18.2 Å². The number of hydrogen-bond acceptors (Lipinski definition) is 6. The summed E-state index contributed by atoms with van der Waals surface area (Å²) in [6.45, 7) is 4.05. The summed E-state index contributed by atoms with van der Waals surface area (Å²) in [4.78, 5) is 11.9. The first-order chi connectivity index (χ1) is 10.4. The minimum absolute atomic E-state index is 0.142. The summed E-state index contributed by atoms with van der Waals surface area (Å²) < 4.78 is 0.743. The van der Waals surface area contributed by atoms with Crippen LogP contribution >= 0.6 is 46.3 Å². The quantitative estimate of drug-likeness (QED) is 0.731. The molecule has 22 heavy (non-hydrogen) atoms. The van der Waals surface area contributed by atoms with E-state index >= 15 is 0 Å². The summed E-state index contributed by atoms with van der Waals surface area (Å²) in [5.41, 5.74) is 0.611. The fourth-order valence-corrected chi connectivity index (χ4v) is 3.47. The molecule has 0 saturated heterocycles. The molecular weight excluding hydrogens is 363 g/mol. The maximum Gasteiger partial charge on any atom is 0.234 e. The lowest BCUT2D eigenvalue weighted by Crippen LogP contribution is -2.13. The summed E-state index contributed by atoms with van der Waals surface area (Å²) in [7, 11) is 0. The van der Waals surface area contributed by atoms with Gasteiger partial charge in [-0.3, -0.25) is 4.79 Å². The first-order valence-corrected chi connectivity index (χ1v) is 8.97. The van der Waals surface area contributed by atoms with Crippen LogP contribution in [0, 0.1) is 0 Å². The molecule has 1 aromatic heterocycles. The zero-order valence-corrected chi connectivity index (χ0v) is 15.0. The number of benzene rings is 1. The SMILES string of the molecule is CC(C)Nc1nnc(SCC(=O)Nc2ccc(Cl)c(Cl)c2)s1. The Labute approximate surface area is 146 Å². The summed E-state index contributed by atoms with van der Waals surface area (Å²) in [6.07, 6.45) is 0. The third kappa shape index (κ3) is 5.31. The van der Waals surface area contributed by atoms with Crippen LogP contribution in [0.5, 0.6) is 0 Å². The number of aromatic nitrogens is 2. The number of thioether (sulfide) groups is 1. The second kappa shape index (κ2) is 8.01. The highest BCUT2D eigenvalue weighted by atomic mass is 35.5. The van der Waals surface area contributed by atoms with Gasteiger partial charge in [-0.2, -0.15) is 0 Å². The van der Waals surface area contributed by atoms with E-state index < -0.39 is 0 Å². The third-order valence-electron chi connectivity index (χ3n) is 2.35. The molecule has 5 nitrogen and oxygen atoms in total. The molecule has 0 radical (unpaired) electrons. The number of halogens is 2. The van der Waals surface area contributed by atoms with Gasteiger partial charge in [-0.1, -0.05) is 46.3 Å². The van der Waals surface area contributed by atoms with Gasteiger partial charge in [0, 0.05) is 11.7 Å². The number of nitrogens with one attached hydrogen (secondary N) is 2. The highest BCUT2D eigenvalue weighted by Gasteiger charge is 2.09. The Balaban J connectivity index is 1.84. The van der Waals surface area contributed by atoms with Crippen molar-refractivity contribution < 1.29 is 4.79 Å². The molecule has 2 N–H and O–H groups in total. The highest BCUT2D eigenvalue weighted by molar-refractivity contribution is 8.01. The fourth-order valence-electron chi connectivity index (χ4n) is 1.47. The van der Waals surface area contributed by atoms with Gasteiger partial charge in [0.15, 0.2) is 4.34 Å². The van der Waals surface area contributed by atoms with Crippen molar-refractivity contribution in [2.24, 2.45) is 0 Å². The average molecular weight is 377 g/mol. The Kier molecular flexibility index (Phi) is 6.31. The topological polar surface area (TPSA) is 66.9 Å². The van der Waals surface area contributed by atoms with E-state index in [9.17, 15) is 4.79 Å². The van der Waals surface area contributed by atoms with E-state index in [4.69, 9.17) is 23.2 Å². The predicted molar refractivity (Wildman–Crippen MR) is 94.5 cm³/mol. The van der Waals surface area contributed by atoms with Crippen LogP contribution in [-0.2, 0) is 4.79 Å². The van der Waals surface area contributed by atoms with Crippen LogP contribution in [0.1, 0.15) is 13.8 Å². The molecular formula is C13H14Cl2N4OS2. The van der Waals surface area contributed by atoms with Crippen molar-refractivity contribution in [3.8, 4) is 0 Å². The number of amides is 1. The van der Waals surface area contributed by atoms with E-state index in [1.165, 1.54) is 23.1 Å². The standard InChI is InChI=1S/C13H14Cl2N4OS2/c1-7(2)16-12-18-19-13(22-12)21-6-11(20)17-8-3-4-9(14)10(15)5-8/h3-5,7H,6H2,1-2H3,(H,16,18)(H,17,20). The number of nitrogens with zero attached hydrogens (tertiary/aromatic N) is 2. The molecule has 0 bridgehead atoms. The van der Waals surface area contributed by atoms with E-state index in [2.05, 4.69) is 20.8 Å². The monoisotopic (exact) mass is 376 g/mol. The van der Waals surface area contributed by atoms with Crippen LogP contribution in [0.15, 0.2) is 22.5 Å². The van der Waals surface area contributed by atoms with Crippen molar-refractivity contribution in [3.05, 3.63) is 28.2 Å². The zero-order chi connectivity index (χ0) is 16.1. The Bertz CT molecular complexity index is 663. The Morgan fingerprint density at radius 1 is 1.32 bits per heavy atom. The number of anilines is 2. The molecule has 1 amide bonds. The van der Waals surface area contributed by atoms with Crippen molar-refractivity contribution in [3.63, 3.8) is 0 Å². The summed E-state index contributed by atoms with van der Waals surface area (Å²) >= 11 is 14.5. The molecule has 9 heteroatoms. The van der Waals surface area contributed by atoms with Crippen LogP contribution in [0.4, 0.5) is 10.8 Å².